The van der Waals surface area contributed by atoms with Gasteiger partial charge in [-0.15, -0.1) is 0 Å². The van der Waals surface area contributed by atoms with E-state index in [1.807, 2.05) is 0 Å². The average molecular weight is 199 g/mol. The maximum absolute atomic E-state index is 10.9. The van der Waals surface area contributed by atoms with Gasteiger partial charge in [-0.1, -0.05) is 13.8 Å². The smallest absolute Gasteiger partial charge is 0.302 e. The molecule has 82 valence electrons. The summed E-state index contributed by atoms with van der Waals surface area (Å²) in [5.41, 5.74) is 5.87. The molecular weight excluding hydrogens is 178 g/mol. The largest absolute Gasteiger partial charge is 0.462 e. The highest BCUT2D eigenvalue weighted by Crippen LogP contribution is 2.31. The zero-order chi connectivity index (χ0) is 10.7. The molecule has 0 amide bonds. The van der Waals surface area contributed by atoms with Gasteiger partial charge in [-0.3, -0.25) is 4.79 Å². The van der Waals surface area contributed by atoms with E-state index in [-0.39, 0.29) is 18.1 Å². The summed E-state index contributed by atoms with van der Waals surface area (Å²) in [5, 5.41) is 0. The third kappa shape index (κ3) is 2.98. The SMILES string of the molecule is CC(=O)O[C@@H]1C[C@H](N)CC[C@H]1C(C)C. The van der Waals surface area contributed by atoms with Gasteiger partial charge in [0.05, 0.1) is 0 Å². The minimum Gasteiger partial charge on any atom is -0.462 e. The molecule has 0 spiro atoms. The maximum atomic E-state index is 10.9. The minimum absolute atomic E-state index is 0.0382. The quantitative estimate of drug-likeness (QED) is 0.689. The molecule has 0 radical (unpaired) electrons. The summed E-state index contributed by atoms with van der Waals surface area (Å²) < 4.78 is 5.32. The van der Waals surface area contributed by atoms with Gasteiger partial charge in [-0.05, 0) is 31.1 Å². The first-order chi connectivity index (χ1) is 6.50. The molecule has 1 rings (SSSR count). The molecule has 3 atom stereocenters. The molecule has 1 aliphatic rings. The van der Waals surface area contributed by atoms with Gasteiger partial charge in [-0.2, -0.15) is 0 Å². The number of hydrogen-bond donors (Lipinski definition) is 1. The van der Waals surface area contributed by atoms with Gasteiger partial charge < -0.3 is 10.5 Å². The van der Waals surface area contributed by atoms with Crippen molar-refractivity contribution in [1.29, 1.82) is 0 Å². The predicted octanol–water partition coefficient (Wildman–Crippen LogP) is 1.70. The van der Waals surface area contributed by atoms with Crippen LogP contribution in [0.15, 0.2) is 0 Å². The monoisotopic (exact) mass is 199 g/mol. The number of carbonyl (C=O) groups excluding carboxylic acids is 1. The summed E-state index contributed by atoms with van der Waals surface area (Å²) in [5.74, 6) is 0.861. The summed E-state index contributed by atoms with van der Waals surface area (Å²) in [6, 6.07) is 0.203. The van der Waals surface area contributed by atoms with Gasteiger partial charge in [0.1, 0.15) is 6.10 Å². The molecule has 14 heavy (non-hydrogen) atoms. The normalized spacial score (nSPS) is 33.1. The Labute approximate surface area is 86.0 Å². The molecule has 2 N–H and O–H groups in total. The molecule has 1 saturated carbocycles. The van der Waals surface area contributed by atoms with Crippen molar-refractivity contribution >= 4 is 5.97 Å². The Morgan fingerprint density at radius 1 is 1.43 bits per heavy atom. The van der Waals surface area contributed by atoms with Crippen molar-refractivity contribution in [3.8, 4) is 0 Å². The number of esters is 1. The van der Waals surface area contributed by atoms with Crippen LogP contribution in [0.4, 0.5) is 0 Å². The first-order valence-electron chi connectivity index (χ1n) is 5.43. The van der Waals surface area contributed by atoms with Crippen LogP contribution in [-0.4, -0.2) is 18.1 Å². The molecule has 3 nitrogen and oxygen atoms in total. The third-order valence-corrected chi connectivity index (χ3v) is 3.06. The predicted molar refractivity (Wildman–Crippen MR) is 55.7 cm³/mol. The zero-order valence-corrected chi connectivity index (χ0v) is 9.32. The molecule has 3 heteroatoms. The van der Waals surface area contributed by atoms with Crippen LogP contribution >= 0.6 is 0 Å². The second-order valence-corrected chi connectivity index (χ2v) is 4.63. The van der Waals surface area contributed by atoms with E-state index >= 15 is 0 Å². The van der Waals surface area contributed by atoms with Crippen molar-refractivity contribution in [3.63, 3.8) is 0 Å². The Morgan fingerprint density at radius 2 is 2.07 bits per heavy atom. The molecule has 0 bridgehead atoms. The summed E-state index contributed by atoms with van der Waals surface area (Å²) in [7, 11) is 0. The van der Waals surface area contributed by atoms with E-state index in [0.29, 0.717) is 11.8 Å². The fraction of sp³-hybridized carbons (Fsp3) is 0.909. The highest BCUT2D eigenvalue weighted by molar-refractivity contribution is 5.66. The van der Waals surface area contributed by atoms with E-state index in [1.165, 1.54) is 6.92 Å². The van der Waals surface area contributed by atoms with Gasteiger partial charge in [0, 0.05) is 13.0 Å². The number of ether oxygens (including phenoxy) is 1. The number of nitrogens with two attached hydrogens (primary N) is 1. The van der Waals surface area contributed by atoms with Crippen LogP contribution < -0.4 is 5.73 Å². The van der Waals surface area contributed by atoms with Gasteiger partial charge in [0.25, 0.3) is 0 Å². The zero-order valence-electron chi connectivity index (χ0n) is 9.32. The lowest BCUT2D eigenvalue weighted by molar-refractivity contribution is -0.152. The molecule has 0 aromatic heterocycles. The van der Waals surface area contributed by atoms with Crippen LogP contribution in [0, 0.1) is 11.8 Å². The van der Waals surface area contributed by atoms with Gasteiger partial charge in [0.15, 0.2) is 0 Å². The molecule has 0 unspecified atom stereocenters. The topological polar surface area (TPSA) is 52.3 Å². The first-order valence-corrected chi connectivity index (χ1v) is 5.43. The molecule has 0 saturated heterocycles. The molecule has 0 aromatic rings. The van der Waals surface area contributed by atoms with E-state index in [9.17, 15) is 4.79 Å². The van der Waals surface area contributed by atoms with E-state index in [0.717, 1.165) is 19.3 Å². The lowest BCUT2D eigenvalue weighted by atomic mass is 9.77. The first kappa shape index (κ1) is 11.5. The van der Waals surface area contributed by atoms with Crippen LogP contribution in [0.2, 0.25) is 0 Å². The summed E-state index contributed by atoms with van der Waals surface area (Å²) >= 11 is 0. The summed E-state index contributed by atoms with van der Waals surface area (Å²) in [4.78, 5) is 10.9. The second-order valence-electron chi connectivity index (χ2n) is 4.63. The van der Waals surface area contributed by atoms with Crippen LogP contribution in [0.1, 0.15) is 40.0 Å². The van der Waals surface area contributed by atoms with Gasteiger partial charge >= 0.3 is 5.97 Å². The Hall–Kier alpha value is -0.570. The molecule has 0 heterocycles. The Bertz CT molecular complexity index is 203. The van der Waals surface area contributed by atoms with Crippen LogP contribution in [-0.2, 0) is 9.53 Å². The Balaban J connectivity index is 2.58. The second kappa shape index (κ2) is 4.78. The van der Waals surface area contributed by atoms with E-state index in [4.69, 9.17) is 10.5 Å². The molecular formula is C11H21NO2. The van der Waals surface area contributed by atoms with E-state index < -0.39 is 0 Å². The molecule has 1 aliphatic carbocycles. The van der Waals surface area contributed by atoms with Crippen LogP contribution in [0.5, 0.6) is 0 Å². The maximum Gasteiger partial charge on any atom is 0.302 e. The van der Waals surface area contributed by atoms with Crippen molar-refractivity contribution in [2.75, 3.05) is 0 Å². The molecule has 0 aromatic carbocycles. The van der Waals surface area contributed by atoms with Crippen molar-refractivity contribution in [2.45, 2.75) is 52.2 Å². The van der Waals surface area contributed by atoms with Gasteiger partial charge in [0.2, 0.25) is 0 Å². The number of rotatable bonds is 2. The summed E-state index contributed by atoms with van der Waals surface area (Å²) in [6.45, 7) is 5.83. The van der Waals surface area contributed by atoms with Crippen molar-refractivity contribution in [3.05, 3.63) is 0 Å². The minimum atomic E-state index is -0.185. The van der Waals surface area contributed by atoms with E-state index in [1.54, 1.807) is 0 Å². The van der Waals surface area contributed by atoms with Crippen LogP contribution in [0.3, 0.4) is 0 Å². The van der Waals surface area contributed by atoms with Crippen molar-refractivity contribution < 1.29 is 9.53 Å². The van der Waals surface area contributed by atoms with Crippen molar-refractivity contribution in [1.82, 2.24) is 0 Å². The molecule has 1 fully saturated rings. The van der Waals surface area contributed by atoms with Crippen LogP contribution in [0.25, 0.3) is 0 Å². The third-order valence-electron chi connectivity index (χ3n) is 3.06. The van der Waals surface area contributed by atoms with Gasteiger partial charge in [-0.25, -0.2) is 0 Å². The average Bonchev–Trinajstić information content (AvgIpc) is 2.01. The fourth-order valence-corrected chi connectivity index (χ4v) is 2.29. The standard InChI is InChI=1S/C11H21NO2/c1-7(2)10-5-4-9(12)6-11(10)14-8(3)13/h7,9-11H,4-6,12H2,1-3H3/t9-,10+,11-/m1/s1. The lowest BCUT2D eigenvalue weighted by Crippen LogP contribution is -2.41. The lowest BCUT2D eigenvalue weighted by Gasteiger charge is -2.36. The Morgan fingerprint density at radius 3 is 2.57 bits per heavy atom. The number of carbonyl (C=O) groups is 1. The Kier molecular flexibility index (Phi) is 3.93. The molecule has 0 aliphatic heterocycles. The highest BCUT2D eigenvalue weighted by atomic mass is 16.5. The highest BCUT2D eigenvalue weighted by Gasteiger charge is 2.32. The van der Waals surface area contributed by atoms with Crippen molar-refractivity contribution in [2.24, 2.45) is 17.6 Å². The number of hydrogen-bond acceptors (Lipinski definition) is 3. The summed E-state index contributed by atoms with van der Waals surface area (Å²) in [6.07, 6.45) is 3.00. The van der Waals surface area contributed by atoms with E-state index in [2.05, 4.69) is 13.8 Å². The fourth-order valence-electron chi connectivity index (χ4n) is 2.29.